The highest BCUT2D eigenvalue weighted by molar-refractivity contribution is 6.29. The summed E-state index contributed by atoms with van der Waals surface area (Å²) >= 11 is 5.78. The maximum Gasteiger partial charge on any atom is 0.268 e. The van der Waals surface area contributed by atoms with E-state index in [-0.39, 0.29) is 23.8 Å². The number of carbonyl (C=O) groups excluding carboxylic acids is 2. The molecule has 1 aromatic carbocycles. The van der Waals surface area contributed by atoms with Gasteiger partial charge in [0, 0.05) is 20.1 Å². The van der Waals surface area contributed by atoms with Gasteiger partial charge in [0.15, 0.2) is 0 Å². The lowest BCUT2D eigenvalue weighted by Gasteiger charge is -2.20. The van der Waals surface area contributed by atoms with Gasteiger partial charge in [-0.2, -0.15) is 0 Å². The molecule has 1 atom stereocenters. The van der Waals surface area contributed by atoms with Crippen LogP contribution in [0.25, 0.3) is 0 Å². The maximum atomic E-state index is 13.2. The van der Waals surface area contributed by atoms with Crippen molar-refractivity contribution in [2.75, 3.05) is 25.6 Å². The van der Waals surface area contributed by atoms with Crippen LogP contribution in [0.3, 0.4) is 0 Å². The van der Waals surface area contributed by atoms with Gasteiger partial charge in [0.05, 0.1) is 24.2 Å². The molecule has 2 rings (SSSR count). The molecule has 0 aliphatic rings. The first kappa shape index (κ1) is 23.3. The number of pyridine rings is 1. The number of allylic oxidation sites excluding steroid dienone is 1. The number of anilines is 1. The highest BCUT2D eigenvalue weighted by atomic mass is 35.5. The van der Waals surface area contributed by atoms with Crippen LogP contribution in [0.4, 0.5) is 10.1 Å². The number of amides is 2. The minimum absolute atomic E-state index is 0.199. The third-order valence-electron chi connectivity index (χ3n) is 4.12. The summed E-state index contributed by atoms with van der Waals surface area (Å²) < 4.78 is 18.1. The van der Waals surface area contributed by atoms with E-state index >= 15 is 0 Å². The zero-order chi connectivity index (χ0) is 21.9. The smallest absolute Gasteiger partial charge is 0.268 e. The third-order valence-corrected chi connectivity index (χ3v) is 4.34. The van der Waals surface area contributed by atoms with Gasteiger partial charge in [-0.1, -0.05) is 29.8 Å². The molecule has 0 unspecified atom stereocenters. The highest BCUT2D eigenvalue weighted by Gasteiger charge is 2.23. The number of hydrogen-bond donors (Lipinski definition) is 3. The van der Waals surface area contributed by atoms with Crippen molar-refractivity contribution in [1.29, 1.82) is 0 Å². The Morgan fingerprint density at radius 2 is 1.97 bits per heavy atom. The summed E-state index contributed by atoms with van der Waals surface area (Å²) in [5.41, 5.74) is 1.52. The largest absolute Gasteiger partial charge is 0.383 e. The molecule has 0 aliphatic heterocycles. The standard InChI is InChI=1S/C21H24ClFN4O3/c1-3-17(26-16-8-9-19(22)25-13-16)21(29)27-18(20(28)24-10-11-30-2)12-14-4-6-15(23)7-5-14/h3-9,13,18,26H,10-12H2,1-2H3,(H,24,28)(H,27,29)/b17-3-/t18-/m0/s1. The Balaban J connectivity index is 2.11. The van der Waals surface area contributed by atoms with Crippen molar-refractivity contribution >= 4 is 29.1 Å². The summed E-state index contributed by atoms with van der Waals surface area (Å²) in [5, 5.41) is 8.73. The molecule has 0 radical (unpaired) electrons. The van der Waals surface area contributed by atoms with Crippen LogP contribution >= 0.6 is 11.6 Å². The van der Waals surface area contributed by atoms with E-state index in [2.05, 4.69) is 20.9 Å². The lowest BCUT2D eigenvalue weighted by Crippen LogP contribution is -2.49. The van der Waals surface area contributed by atoms with Gasteiger partial charge < -0.3 is 20.7 Å². The Labute approximate surface area is 179 Å². The second kappa shape index (κ2) is 11.9. The molecular weight excluding hydrogens is 411 g/mol. The summed E-state index contributed by atoms with van der Waals surface area (Å²) in [6.07, 6.45) is 3.28. The van der Waals surface area contributed by atoms with Crippen LogP contribution in [0.15, 0.2) is 54.4 Å². The van der Waals surface area contributed by atoms with Gasteiger partial charge in [-0.25, -0.2) is 9.37 Å². The van der Waals surface area contributed by atoms with Crippen LogP contribution in [0.1, 0.15) is 12.5 Å². The molecule has 0 aliphatic carbocycles. The number of nitrogens with one attached hydrogen (secondary N) is 3. The van der Waals surface area contributed by atoms with Crippen LogP contribution in [-0.4, -0.2) is 43.1 Å². The lowest BCUT2D eigenvalue weighted by atomic mass is 10.0. The fraction of sp³-hybridized carbons (Fsp3) is 0.286. The quantitative estimate of drug-likeness (QED) is 0.304. The van der Waals surface area contributed by atoms with E-state index in [1.807, 2.05) is 0 Å². The van der Waals surface area contributed by atoms with E-state index in [0.29, 0.717) is 29.6 Å². The number of halogens is 2. The van der Waals surface area contributed by atoms with Gasteiger partial charge in [-0.05, 0) is 36.8 Å². The molecule has 0 fully saturated rings. The van der Waals surface area contributed by atoms with Crippen molar-refractivity contribution in [3.63, 3.8) is 0 Å². The van der Waals surface area contributed by atoms with Crippen molar-refractivity contribution in [2.24, 2.45) is 0 Å². The molecule has 1 aromatic heterocycles. The van der Waals surface area contributed by atoms with Gasteiger partial charge in [0.2, 0.25) is 5.91 Å². The van der Waals surface area contributed by atoms with Crippen molar-refractivity contribution in [3.05, 3.63) is 70.9 Å². The zero-order valence-corrected chi connectivity index (χ0v) is 17.5. The summed E-state index contributed by atoms with van der Waals surface area (Å²) in [5.74, 6) is -1.21. The molecule has 30 heavy (non-hydrogen) atoms. The van der Waals surface area contributed by atoms with Gasteiger partial charge in [0.1, 0.15) is 17.0 Å². The SMILES string of the molecule is C/C=C(\Nc1ccc(Cl)nc1)C(=O)N[C@@H](Cc1ccc(F)cc1)C(=O)NCCOC. The Morgan fingerprint density at radius 1 is 1.23 bits per heavy atom. The normalized spacial score (nSPS) is 12.2. The fourth-order valence-electron chi connectivity index (χ4n) is 2.57. The van der Waals surface area contributed by atoms with Gasteiger partial charge in [0.25, 0.3) is 5.91 Å². The Kier molecular flexibility index (Phi) is 9.24. The molecule has 0 saturated heterocycles. The summed E-state index contributed by atoms with van der Waals surface area (Å²) in [6, 6.07) is 8.18. The molecule has 2 aromatic rings. The minimum Gasteiger partial charge on any atom is -0.383 e. The molecule has 0 spiro atoms. The molecule has 3 N–H and O–H groups in total. The molecule has 160 valence electrons. The fourth-order valence-corrected chi connectivity index (χ4v) is 2.68. The van der Waals surface area contributed by atoms with Crippen molar-refractivity contribution in [3.8, 4) is 0 Å². The average molecular weight is 435 g/mol. The third kappa shape index (κ3) is 7.46. The molecule has 2 amide bonds. The van der Waals surface area contributed by atoms with Crippen molar-refractivity contribution in [2.45, 2.75) is 19.4 Å². The summed E-state index contributed by atoms with van der Waals surface area (Å²) in [4.78, 5) is 29.4. The van der Waals surface area contributed by atoms with Crippen LogP contribution < -0.4 is 16.0 Å². The van der Waals surface area contributed by atoms with E-state index in [9.17, 15) is 14.0 Å². The first-order valence-electron chi connectivity index (χ1n) is 9.29. The number of nitrogens with zero attached hydrogens (tertiary/aromatic N) is 1. The minimum atomic E-state index is -0.861. The maximum absolute atomic E-state index is 13.2. The molecule has 0 bridgehead atoms. The highest BCUT2D eigenvalue weighted by Crippen LogP contribution is 2.13. The topological polar surface area (TPSA) is 92.4 Å². The zero-order valence-electron chi connectivity index (χ0n) is 16.7. The summed E-state index contributed by atoms with van der Waals surface area (Å²) in [7, 11) is 1.53. The van der Waals surface area contributed by atoms with E-state index in [1.54, 1.807) is 37.3 Å². The number of rotatable bonds is 10. The monoisotopic (exact) mass is 434 g/mol. The molecular formula is C21H24ClFN4O3. The summed E-state index contributed by atoms with van der Waals surface area (Å²) in [6.45, 7) is 2.34. The number of methoxy groups -OCH3 is 1. The van der Waals surface area contributed by atoms with Gasteiger partial charge in [-0.15, -0.1) is 0 Å². The molecule has 9 heteroatoms. The van der Waals surface area contributed by atoms with Crippen LogP contribution in [0.5, 0.6) is 0 Å². The first-order chi connectivity index (χ1) is 14.4. The Morgan fingerprint density at radius 3 is 2.57 bits per heavy atom. The van der Waals surface area contributed by atoms with Gasteiger partial charge >= 0.3 is 0 Å². The predicted molar refractivity (Wildman–Crippen MR) is 114 cm³/mol. The lowest BCUT2D eigenvalue weighted by molar-refractivity contribution is -0.127. The van der Waals surface area contributed by atoms with E-state index < -0.39 is 11.9 Å². The van der Waals surface area contributed by atoms with E-state index in [1.165, 1.54) is 25.4 Å². The number of benzene rings is 1. The molecule has 7 nitrogen and oxygen atoms in total. The first-order valence-corrected chi connectivity index (χ1v) is 9.67. The average Bonchev–Trinajstić information content (AvgIpc) is 2.74. The van der Waals surface area contributed by atoms with Crippen LogP contribution in [0.2, 0.25) is 5.15 Å². The number of hydrogen-bond acceptors (Lipinski definition) is 5. The number of aromatic nitrogens is 1. The second-order valence-corrected chi connectivity index (χ2v) is 6.72. The van der Waals surface area contributed by atoms with Gasteiger partial charge in [-0.3, -0.25) is 9.59 Å². The molecule has 1 heterocycles. The Bertz CT molecular complexity index is 873. The van der Waals surface area contributed by atoms with Crippen LogP contribution in [0, 0.1) is 5.82 Å². The van der Waals surface area contributed by atoms with E-state index in [0.717, 1.165) is 0 Å². The predicted octanol–water partition coefficient (Wildman–Crippen LogP) is 2.68. The number of ether oxygens (including phenoxy) is 1. The number of carbonyl (C=O) groups is 2. The second-order valence-electron chi connectivity index (χ2n) is 6.34. The Hall–Kier alpha value is -2.97. The van der Waals surface area contributed by atoms with Crippen molar-refractivity contribution in [1.82, 2.24) is 15.6 Å². The van der Waals surface area contributed by atoms with Crippen molar-refractivity contribution < 1.29 is 18.7 Å². The van der Waals surface area contributed by atoms with E-state index in [4.69, 9.17) is 16.3 Å². The van der Waals surface area contributed by atoms with Crippen LogP contribution in [-0.2, 0) is 20.7 Å². The molecule has 0 saturated carbocycles.